The van der Waals surface area contributed by atoms with E-state index in [0.29, 0.717) is 18.5 Å². The number of likely N-dealkylation sites (tertiary alicyclic amines) is 1. The number of rotatable bonds is 8. The zero-order valence-electron chi connectivity index (χ0n) is 27.9. The third-order valence-electron chi connectivity index (χ3n) is 10.00. The molecular weight excluding hydrogens is 661 g/mol. The van der Waals surface area contributed by atoms with Gasteiger partial charge in [-0.1, -0.05) is 19.9 Å². The third kappa shape index (κ3) is 5.49. The van der Waals surface area contributed by atoms with Crippen molar-refractivity contribution < 1.29 is 31.4 Å². The van der Waals surface area contributed by atoms with Crippen molar-refractivity contribution in [3.63, 3.8) is 0 Å². The zero-order chi connectivity index (χ0) is 35.5. The normalized spacial score (nSPS) is 21.8. The molecule has 0 amide bonds. The number of aromatic nitrogens is 6. The van der Waals surface area contributed by atoms with Crippen LogP contribution < -0.4 is 20.1 Å². The van der Waals surface area contributed by atoms with Crippen molar-refractivity contribution in [3.8, 4) is 23.1 Å². The van der Waals surface area contributed by atoms with Crippen molar-refractivity contribution in [2.24, 2.45) is 0 Å². The summed E-state index contributed by atoms with van der Waals surface area (Å²) < 4.78 is 87.6. The Bertz CT molecular complexity index is 2080. The predicted octanol–water partition coefficient (Wildman–Crippen LogP) is 6.64. The summed E-state index contributed by atoms with van der Waals surface area (Å²) >= 11 is 0. The molecule has 7 rings (SSSR count). The smallest absolute Gasteiger partial charge is 0.417 e. The minimum atomic E-state index is -4.86. The van der Waals surface area contributed by atoms with Gasteiger partial charge in [0.2, 0.25) is 5.88 Å². The highest BCUT2D eigenvalue weighted by molar-refractivity contribution is 6.01. The summed E-state index contributed by atoms with van der Waals surface area (Å²) in [6, 6.07) is 4.48. The second-order valence-corrected chi connectivity index (χ2v) is 12.9. The number of nitrogen functional groups attached to an aromatic ring is 1. The van der Waals surface area contributed by atoms with Crippen LogP contribution in [0.5, 0.6) is 11.9 Å². The van der Waals surface area contributed by atoms with Crippen molar-refractivity contribution >= 4 is 33.4 Å². The number of alkyl halides is 4. The number of H-pyrrole nitrogens is 1. The molecule has 3 N–H and O–H groups in total. The van der Waals surface area contributed by atoms with Crippen LogP contribution in [-0.4, -0.2) is 79.1 Å². The maximum atomic E-state index is 17.1. The average molecular weight is 698 g/mol. The first-order valence-corrected chi connectivity index (χ1v) is 16.4. The molecule has 264 valence electrons. The molecule has 1 saturated heterocycles. The molecule has 5 aromatic rings. The van der Waals surface area contributed by atoms with Gasteiger partial charge in [0.25, 0.3) is 0 Å². The minimum Gasteiger partial charge on any atom is -0.475 e. The Kier molecular flexibility index (Phi) is 8.39. The molecule has 50 heavy (non-hydrogen) atoms. The highest BCUT2D eigenvalue weighted by atomic mass is 19.4. The Hall–Kier alpha value is -4.86. The number of nitrogens with zero attached hydrogens (tertiary/aromatic N) is 7. The van der Waals surface area contributed by atoms with Crippen LogP contribution in [0.2, 0.25) is 0 Å². The molecule has 0 bridgehead atoms. The number of hydrogen-bond acceptors (Lipinski definition) is 10. The average Bonchev–Trinajstić information content (AvgIpc) is 3.67. The summed E-state index contributed by atoms with van der Waals surface area (Å²) in [5, 5.41) is 6.61. The molecule has 0 aliphatic carbocycles. The van der Waals surface area contributed by atoms with Crippen molar-refractivity contribution in [1.82, 2.24) is 35.0 Å². The maximum absolute atomic E-state index is 17.1. The molecule has 2 unspecified atom stereocenters. The number of anilines is 2. The Balaban J connectivity index is 1.47. The van der Waals surface area contributed by atoms with Crippen molar-refractivity contribution in [1.29, 1.82) is 0 Å². The van der Waals surface area contributed by atoms with Crippen LogP contribution in [0.3, 0.4) is 0 Å². The molecule has 6 heterocycles. The summed E-state index contributed by atoms with van der Waals surface area (Å²) in [5.41, 5.74) is 3.94. The lowest BCUT2D eigenvalue weighted by Crippen LogP contribution is -2.48. The minimum absolute atomic E-state index is 0.00116. The van der Waals surface area contributed by atoms with Gasteiger partial charge < -0.3 is 20.1 Å². The Morgan fingerprint density at radius 1 is 1.18 bits per heavy atom. The van der Waals surface area contributed by atoms with Crippen molar-refractivity contribution in [2.75, 3.05) is 36.9 Å². The molecule has 0 radical (unpaired) electrons. The SMILES string of the molecule is CCN1CC(F)C[C@@]1(CC)COc1nc2c3c(nc(-c4c(C(F)(F)F)ccc5[nH]ncc45)c(F)c3n1)OC[C@H](C)N2C(C)c1cccnc1N. The largest absolute Gasteiger partial charge is 0.475 e. The fraction of sp³-hybridized carbons (Fsp3) is 0.441. The van der Waals surface area contributed by atoms with Crippen LogP contribution in [0.25, 0.3) is 33.1 Å². The molecule has 1 aromatic carbocycles. The number of aromatic amines is 1. The highest BCUT2D eigenvalue weighted by Crippen LogP contribution is 2.47. The summed E-state index contributed by atoms with van der Waals surface area (Å²) in [6.45, 7) is 8.46. The molecule has 0 spiro atoms. The number of fused-ring (bicyclic) bond motifs is 1. The van der Waals surface area contributed by atoms with Crippen LogP contribution in [0.1, 0.15) is 57.7 Å². The second kappa shape index (κ2) is 12.5. The third-order valence-corrected chi connectivity index (χ3v) is 10.00. The number of halogens is 5. The lowest BCUT2D eigenvalue weighted by Gasteiger charge is -2.37. The Morgan fingerprint density at radius 2 is 1.98 bits per heavy atom. The topological polar surface area (TPSA) is 131 Å². The van der Waals surface area contributed by atoms with Crippen LogP contribution in [0, 0.1) is 5.82 Å². The predicted molar refractivity (Wildman–Crippen MR) is 177 cm³/mol. The van der Waals surface area contributed by atoms with Crippen LogP contribution in [-0.2, 0) is 6.18 Å². The standard InChI is InChI=1S/C34H36F5N9O2/c1-5-33(12-19(35)14-47(33)6-2)16-50-32-44-28-25-30(45-32)48(18(4)20-8-7-11-41-29(20)40)17(3)15-49-31(25)43-27(26(28)36)24-21-13-42-46-23(21)10-9-22(24)34(37,38)39/h7-11,13,17-19H,5-6,12,14-16H2,1-4H3,(H2,40,41)(H,42,46)/t17-,18?,19?,33-/m0/s1. The van der Waals surface area contributed by atoms with Gasteiger partial charge in [0.15, 0.2) is 5.82 Å². The van der Waals surface area contributed by atoms with E-state index >= 15 is 4.39 Å². The quantitative estimate of drug-likeness (QED) is 0.170. The van der Waals surface area contributed by atoms with Gasteiger partial charge in [-0.25, -0.2) is 18.7 Å². The second-order valence-electron chi connectivity index (χ2n) is 12.9. The van der Waals surface area contributed by atoms with Gasteiger partial charge in [0.05, 0.1) is 34.9 Å². The number of nitrogens with one attached hydrogen (secondary N) is 1. The number of nitrogens with two attached hydrogens (primary N) is 1. The van der Waals surface area contributed by atoms with Gasteiger partial charge in [-0.15, -0.1) is 0 Å². The number of hydrogen-bond donors (Lipinski definition) is 2. The van der Waals surface area contributed by atoms with Crippen molar-refractivity contribution in [2.45, 2.75) is 70.5 Å². The van der Waals surface area contributed by atoms with Crippen LogP contribution in [0.4, 0.5) is 33.6 Å². The fourth-order valence-electron chi connectivity index (χ4n) is 7.44. The summed E-state index contributed by atoms with van der Waals surface area (Å²) in [4.78, 5) is 21.7. The molecular formula is C34H36F5N9O2. The van der Waals surface area contributed by atoms with E-state index in [4.69, 9.17) is 20.2 Å². The molecule has 16 heteroatoms. The lowest BCUT2D eigenvalue weighted by molar-refractivity contribution is -0.137. The maximum Gasteiger partial charge on any atom is 0.417 e. The first-order valence-electron chi connectivity index (χ1n) is 16.4. The van der Waals surface area contributed by atoms with E-state index in [0.717, 1.165) is 6.07 Å². The summed E-state index contributed by atoms with van der Waals surface area (Å²) in [6.07, 6.45) is -2.36. The van der Waals surface area contributed by atoms with E-state index < -0.39 is 52.6 Å². The molecule has 4 atom stereocenters. The van der Waals surface area contributed by atoms with E-state index in [1.54, 1.807) is 12.3 Å². The Morgan fingerprint density at radius 3 is 2.70 bits per heavy atom. The Labute approximate surface area is 284 Å². The van der Waals surface area contributed by atoms with E-state index in [1.807, 2.05) is 43.6 Å². The number of benzene rings is 1. The van der Waals surface area contributed by atoms with Crippen molar-refractivity contribution in [3.05, 3.63) is 53.6 Å². The molecule has 1 fully saturated rings. The zero-order valence-corrected chi connectivity index (χ0v) is 27.9. The summed E-state index contributed by atoms with van der Waals surface area (Å²) in [5.74, 6) is -0.818. The van der Waals surface area contributed by atoms with Gasteiger partial charge in [0.1, 0.15) is 47.6 Å². The molecule has 2 aliphatic heterocycles. The van der Waals surface area contributed by atoms with E-state index in [9.17, 15) is 17.6 Å². The first kappa shape index (κ1) is 33.6. The highest BCUT2D eigenvalue weighted by Gasteiger charge is 2.45. The van der Waals surface area contributed by atoms with Crippen LogP contribution >= 0.6 is 0 Å². The fourth-order valence-corrected chi connectivity index (χ4v) is 7.44. The van der Waals surface area contributed by atoms with E-state index in [2.05, 4.69) is 25.1 Å². The van der Waals surface area contributed by atoms with E-state index in [-0.39, 0.29) is 71.5 Å². The first-order chi connectivity index (χ1) is 23.9. The monoisotopic (exact) mass is 697 g/mol. The summed E-state index contributed by atoms with van der Waals surface area (Å²) in [7, 11) is 0. The van der Waals surface area contributed by atoms with Gasteiger partial charge in [-0.3, -0.25) is 10.00 Å². The number of pyridine rings is 2. The molecule has 0 saturated carbocycles. The molecule has 2 aliphatic rings. The van der Waals surface area contributed by atoms with Gasteiger partial charge in [-0.2, -0.15) is 28.2 Å². The molecule has 11 nitrogen and oxygen atoms in total. The van der Waals surface area contributed by atoms with E-state index in [1.165, 1.54) is 12.3 Å². The number of ether oxygens (including phenoxy) is 2. The van der Waals surface area contributed by atoms with Crippen LogP contribution in [0.15, 0.2) is 36.7 Å². The van der Waals surface area contributed by atoms with Gasteiger partial charge >= 0.3 is 12.2 Å². The number of likely N-dealkylation sites (N-methyl/N-ethyl adjacent to an activating group) is 1. The molecule has 4 aromatic heterocycles. The lowest BCUT2D eigenvalue weighted by atomic mass is 9.93. The van der Waals surface area contributed by atoms with Gasteiger partial charge in [0, 0.05) is 35.7 Å². The van der Waals surface area contributed by atoms with Gasteiger partial charge in [-0.05, 0) is 45.0 Å².